The lowest BCUT2D eigenvalue weighted by Gasteiger charge is -2.25. The molecule has 1 fully saturated rings. The maximum Gasteiger partial charge on any atom is 0.224 e. The van der Waals surface area contributed by atoms with Gasteiger partial charge in [0.2, 0.25) is 5.91 Å². The second kappa shape index (κ2) is 8.94. The number of ether oxygens (including phenoxy) is 2. The molecule has 2 aromatic rings. The van der Waals surface area contributed by atoms with Crippen molar-refractivity contribution < 1.29 is 14.3 Å². The van der Waals surface area contributed by atoms with Crippen molar-refractivity contribution in [2.24, 2.45) is 0 Å². The van der Waals surface area contributed by atoms with Gasteiger partial charge in [-0.2, -0.15) is 0 Å². The van der Waals surface area contributed by atoms with Gasteiger partial charge in [-0.3, -0.25) is 9.69 Å². The first-order valence-corrected chi connectivity index (χ1v) is 9.24. The van der Waals surface area contributed by atoms with Crippen LogP contribution in [0.5, 0.6) is 5.75 Å². The van der Waals surface area contributed by atoms with Crippen LogP contribution in [0.15, 0.2) is 29.6 Å². The fraction of sp³-hybridized carbons (Fsp3) is 0.444. The van der Waals surface area contributed by atoms with E-state index in [9.17, 15) is 4.79 Å². The average Bonchev–Trinajstić information content (AvgIpc) is 3.09. The smallest absolute Gasteiger partial charge is 0.224 e. The molecule has 0 radical (unpaired) electrons. The van der Waals surface area contributed by atoms with Crippen LogP contribution in [0.4, 0.5) is 0 Å². The predicted molar refractivity (Wildman–Crippen MR) is 96.8 cm³/mol. The first-order chi connectivity index (χ1) is 12.2. The number of thiazole rings is 1. The molecule has 1 aromatic carbocycles. The van der Waals surface area contributed by atoms with Crippen LogP contribution in [-0.2, 0) is 29.0 Å². The third-order valence-corrected chi connectivity index (χ3v) is 4.95. The molecule has 25 heavy (non-hydrogen) atoms. The molecule has 0 bridgehead atoms. The fourth-order valence-electron chi connectivity index (χ4n) is 2.66. The molecule has 1 saturated heterocycles. The number of carbonyl (C=O) groups excluding carboxylic acids is 1. The minimum Gasteiger partial charge on any atom is -0.497 e. The molecule has 1 N–H and O–H groups in total. The summed E-state index contributed by atoms with van der Waals surface area (Å²) in [6.07, 6.45) is 0.357. The highest BCUT2D eigenvalue weighted by molar-refractivity contribution is 7.09. The van der Waals surface area contributed by atoms with Crippen LogP contribution in [0, 0.1) is 0 Å². The zero-order valence-corrected chi connectivity index (χ0v) is 15.2. The number of carbonyl (C=O) groups is 1. The van der Waals surface area contributed by atoms with Crippen LogP contribution in [0.2, 0.25) is 0 Å². The second-order valence-corrected chi connectivity index (χ2v) is 6.87. The highest BCUT2D eigenvalue weighted by atomic mass is 32.1. The van der Waals surface area contributed by atoms with E-state index in [2.05, 4.69) is 20.6 Å². The Kier molecular flexibility index (Phi) is 6.38. The monoisotopic (exact) mass is 361 g/mol. The second-order valence-electron chi connectivity index (χ2n) is 5.92. The molecular weight excluding hydrogens is 338 g/mol. The lowest BCUT2D eigenvalue weighted by molar-refractivity contribution is -0.120. The van der Waals surface area contributed by atoms with E-state index in [1.807, 2.05) is 24.3 Å². The first kappa shape index (κ1) is 17.8. The number of aromatic nitrogens is 1. The summed E-state index contributed by atoms with van der Waals surface area (Å²) in [5.74, 6) is 0.787. The molecule has 0 aliphatic carbocycles. The van der Waals surface area contributed by atoms with Crippen molar-refractivity contribution in [2.45, 2.75) is 19.5 Å². The number of benzene rings is 1. The topological polar surface area (TPSA) is 63.7 Å². The molecule has 0 atom stereocenters. The molecule has 7 heteroatoms. The molecule has 2 heterocycles. The maximum absolute atomic E-state index is 12.1. The van der Waals surface area contributed by atoms with Gasteiger partial charge in [0.1, 0.15) is 10.8 Å². The van der Waals surface area contributed by atoms with Gasteiger partial charge in [0.05, 0.1) is 39.0 Å². The van der Waals surface area contributed by atoms with E-state index in [1.54, 1.807) is 18.4 Å². The molecule has 0 saturated carbocycles. The van der Waals surface area contributed by atoms with Crippen LogP contribution < -0.4 is 10.1 Å². The van der Waals surface area contributed by atoms with Gasteiger partial charge >= 0.3 is 0 Å². The number of hydrogen-bond donors (Lipinski definition) is 1. The minimum absolute atomic E-state index is 0.00454. The Balaban J connectivity index is 1.43. The van der Waals surface area contributed by atoms with E-state index < -0.39 is 0 Å². The molecule has 6 nitrogen and oxygen atoms in total. The predicted octanol–water partition coefficient (Wildman–Crippen LogP) is 1.84. The van der Waals surface area contributed by atoms with E-state index in [1.165, 1.54) is 0 Å². The van der Waals surface area contributed by atoms with Crippen molar-refractivity contribution in [3.8, 4) is 5.75 Å². The van der Waals surface area contributed by atoms with E-state index in [0.29, 0.717) is 13.0 Å². The third-order valence-electron chi connectivity index (χ3n) is 4.05. The van der Waals surface area contributed by atoms with Gasteiger partial charge in [0, 0.05) is 25.0 Å². The number of amides is 1. The standard InChI is InChI=1S/C18H23N3O3S/c1-23-16-4-2-14(3-5-16)10-17(22)19-11-18-20-15(13-25-18)12-21-6-8-24-9-7-21/h2-5,13H,6-12H2,1H3,(H,19,22). The van der Waals surface area contributed by atoms with Crippen molar-refractivity contribution >= 4 is 17.2 Å². The summed E-state index contributed by atoms with van der Waals surface area (Å²) in [4.78, 5) is 19.0. The number of nitrogens with zero attached hydrogens (tertiary/aromatic N) is 2. The molecule has 1 amide bonds. The molecule has 0 spiro atoms. The Morgan fingerprint density at radius 3 is 2.80 bits per heavy atom. The van der Waals surface area contributed by atoms with Crippen LogP contribution in [-0.4, -0.2) is 49.2 Å². The number of rotatable bonds is 7. The largest absolute Gasteiger partial charge is 0.497 e. The molecule has 3 rings (SSSR count). The lowest BCUT2D eigenvalue weighted by atomic mass is 10.1. The van der Waals surface area contributed by atoms with E-state index in [4.69, 9.17) is 9.47 Å². The van der Waals surface area contributed by atoms with Crippen LogP contribution >= 0.6 is 11.3 Å². The zero-order chi connectivity index (χ0) is 17.5. The molecule has 1 aliphatic heterocycles. The summed E-state index contributed by atoms with van der Waals surface area (Å²) in [6.45, 7) is 4.80. The summed E-state index contributed by atoms with van der Waals surface area (Å²) in [5.41, 5.74) is 2.02. The van der Waals surface area contributed by atoms with Gasteiger partial charge in [0.25, 0.3) is 0 Å². The van der Waals surface area contributed by atoms with Crippen molar-refractivity contribution in [3.05, 3.63) is 45.9 Å². The normalized spacial score (nSPS) is 15.1. The lowest BCUT2D eigenvalue weighted by Crippen LogP contribution is -2.35. The molecule has 134 valence electrons. The van der Waals surface area contributed by atoms with Crippen LogP contribution in [0.1, 0.15) is 16.3 Å². The van der Waals surface area contributed by atoms with Gasteiger partial charge in [0.15, 0.2) is 0 Å². The summed E-state index contributed by atoms with van der Waals surface area (Å²) < 4.78 is 10.5. The average molecular weight is 361 g/mol. The summed E-state index contributed by atoms with van der Waals surface area (Å²) >= 11 is 1.59. The summed E-state index contributed by atoms with van der Waals surface area (Å²) in [5, 5.41) is 5.94. The minimum atomic E-state index is -0.00454. The fourth-order valence-corrected chi connectivity index (χ4v) is 3.38. The number of nitrogens with one attached hydrogen (secondary N) is 1. The Hall–Kier alpha value is -1.96. The van der Waals surface area contributed by atoms with Crippen LogP contribution in [0.3, 0.4) is 0 Å². The van der Waals surface area contributed by atoms with E-state index in [-0.39, 0.29) is 5.91 Å². The first-order valence-electron chi connectivity index (χ1n) is 8.36. The van der Waals surface area contributed by atoms with Crippen molar-refractivity contribution in [3.63, 3.8) is 0 Å². The number of morpholine rings is 1. The molecule has 1 aliphatic rings. The van der Waals surface area contributed by atoms with Gasteiger partial charge in [-0.25, -0.2) is 4.98 Å². The summed E-state index contributed by atoms with van der Waals surface area (Å²) in [7, 11) is 1.63. The van der Waals surface area contributed by atoms with Gasteiger partial charge in [-0.15, -0.1) is 11.3 Å². The maximum atomic E-state index is 12.1. The SMILES string of the molecule is COc1ccc(CC(=O)NCc2nc(CN3CCOCC3)cs2)cc1. The van der Waals surface area contributed by atoms with Crippen molar-refractivity contribution in [2.75, 3.05) is 33.4 Å². The zero-order valence-electron chi connectivity index (χ0n) is 14.4. The number of methoxy groups -OCH3 is 1. The van der Waals surface area contributed by atoms with E-state index >= 15 is 0 Å². The van der Waals surface area contributed by atoms with Gasteiger partial charge in [-0.05, 0) is 17.7 Å². The van der Waals surface area contributed by atoms with Crippen molar-refractivity contribution in [1.29, 1.82) is 0 Å². The quantitative estimate of drug-likeness (QED) is 0.815. The summed E-state index contributed by atoms with van der Waals surface area (Å²) in [6, 6.07) is 7.53. The highest BCUT2D eigenvalue weighted by Gasteiger charge is 2.13. The molecule has 0 unspecified atom stereocenters. The molecule has 1 aromatic heterocycles. The Labute approximate surface area is 151 Å². The number of hydrogen-bond acceptors (Lipinski definition) is 6. The van der Waals surface area contributed by atoms with Gasteiger partial charge < -0.3 is 14.8 Å². The van der Waals surface area contributed by atoms with Gasteiger partial charge in [-0.1, -0.05) is 12.1 Å². The Morgan fingerprint density at radius 1 is 1.32 bits per heavy atom. The Morgan fingerprint density at radius 2 is 2.08 bits per heavy atom. The van der Waals surface area contributed by atoms with Crippen LogP contribution in [0.25, 0.3) is 0 Å². The molecular formula is C18H23N3O3S. The Bertz CT molecular complexity index is 681. The van der Waals surface area contributed by atoms with Crippen molar-refractivity contribution in [1.82, 2.24) is 15.2 Å². The highest BCUT2D eigenvalue weighted by Crippen LogP contribution is 2.14. The van der Waals surface area contributed by atoms with E-state index in [0.717, 1.165) is 54.9 Å². The third kappa shape index (κ3) is 5.52.